The monoisotopic (exact) mass is 246 g/mol. The van der Waals surface area contributed by atoms with E-state index >= 15 is 0 Å². The third-order valence-electron chi connectivity index (χ3n) is 4.46. The summed E-state index contributed by atoms with van der Waals surface area (Å²) in [5, 5.41) is 9.17. The molecule has 0 saturated heterocycles. The second-order valence-electron chi connectivity index (χ2n) is 5.94. The van der Waals surface area contributed by atoms with Gasteiger partial charge in [-0.1, -0.05) is 18.2 Å². The van der Waals surface area contributed by atoms with Crippen LogP contribution in [0.15, 0.2) is 30.3 Å². The van der Waals surface area contributed by atoms with Gasteiger partial charge in [0.05, 0.1) is 12.2 Å². The van der Waals surface area contributed by atoms with Crippen LogP contribution in [0.2, 0.25) is 0 Å². The van der Waals surface area contributed by atoms with E-state index in [-0.39, 0.29) is 11.4 Å². The summed E-state index contributed by atoms with van der Waals surface area (Å²) >= 11 is 0. The normalized spacial score (nSPS) is 32.3. The number of ether oxygens (including phenoxy) is 1. The summed E-state index contributed by atoms with van der Waals surface area (Å²) in [6.45, 7) is 0.813. The van der Waals surface area contributed by atoms with Crippen LogP contribution in [0.25, 0.3) is 0 Å². The molecule has 3 aliphatic rings. The van der Waals surface area contributed by atoms with Crippen molar-refractivity contribution in [3.05, 3.63) is 35.9 Å². The Morgan fingerprint density at radius 3 is 2.44 bits per heavy atom. The van der Waals surface area contributed by atoms with Crippen LogP contribution in [0.3, 0.4) is 0 Å². The molecule has 0 atom stereocenters. The zero-order chi connectivity index (χ0) is 12.6. The fraction of sp³-hybridized carbons (Fsp3) is 0.533. The van der Waals surface area contributed by atoms with E-state index in [0.717, 1.165) is 25.7 Å². The lowest BCUT2D eigenvalue weighted by atomic mass is 9.34. The van der Waals surface area contributed by atoms with Gasteiger partial charge in [0.15, 0.2) is 0 Å². The molecule has 0 radical (unpaired) electrons. The summed E-state index contributed by atoms with van der Waals surface area (Å²) in [4.78, 5) is 11.7. The number of aliphatic hydroxyl groups excluding tert-OH is 1. The molecule has 3 fully saturated rings. The van der Waals surface area contributed by atoms with Crippen molar-refractivity contribution in [2.45, 2.75) is 25.7 Å². The fourth-order valence-electron chi connectivity index (χ4n) is 3.68. The lowest BCUT2D eigenvalue weighted by Crippen LogP contribution is -2.63. The molecule has 3 aliphatic carbocycles. The Hall–Kier alpha value is -1.35. The van der Waals surface area contributed by atoms with Crippen molar-refractivity contribution >= 4 is 5.97 Å². The number of hydrogen-bond acceptors (Lipinski definition) is 3. The van der Waals surface area contributed by atoms with E-state index in [1.807, 2.05) is 18.2 Å². The maximum atomic E-state index is 11.7. The average Bonchev–Trinajstić information content (AvgIpc) is 2.31. The fourth-order valence-corrected chi connectivity index (χ4v) is 3.68. The first-order valence-electron chi connectivity index (χ1n) is 6.50. The molecule has 1 aromatic rings. The van der Waals surface area contributed by atoms with Crippen LogP contribution in [0, 0.1) is 10.8 Å². The maximum Gasteiger partial charge on any atom is 0.338 e. The van der Waals surface area contributed by atoms with E-state index in [4.69, 9.17) is 4.74 Å². The minimum absolute atomic E-state index is 0.237. The number of hydrogen-bond donors (Lipinski definition) is 1. The van der Waals surface area contributed by atoms with Gasteiger partial charge in [-0.05, 0) is 48.6 Å². The van der Waals surface area contributed by atoms with Gasteiger partial charge in [0.1, 0.15) is 0 Å². The summed E-state index contributed by atoms with van der Waals surface area (Å²) in [6.07, 6.45) is 4.27. The minimum atomic E-state index is -0.237. The highest BCUT2D eigenvalue weighted by Gasteiger charge is 2.66. The van der Waals surface area contributed by atoms with Gasteiger partial charge in [-0.25, -0.2) is 4.79 Å². The zero-order valence-electron chi connectivity index (χ0n) is 10.4. The van der Waals surface area contributed by atoms with E-state index in [2.05, 4.69) is 0 Å². The van der Waals surface area contributed by atoms with Crippen molar-refractivity contribution in [3.63, 3.8) is 0 Å². The van der Waals surface area contributed by atoms with Gasteiger partial charge in [0, 0.05) is 6.61 Å². The molecule has 3 saturated carbocycles. The first-order chi connectivity index (χ1) is 8.67. The third-order valence-corrected chi connectivity index (χ3v) is 4.46. The molecule has 0 amide bonds. The second-order valence-corrected chi connectivity index (χ2v) is 5.94. The zero-order valence-corrected chi connectivity index (χ0v) is 10.4. The van der Waals surface area contributed by atoms with E-state index in [0.29, 0.717) is 24.2 Å². The molecule has 0 aliphatic heterocycles. The SMILES string of the molecule is O=C(OCCC12CC(CO)(C1)C2)c1ccccc1. The standard InChI is InChI=1S/C15H18O3/c16-11-15-8-14(9-15,10-15)6-7-18-13(17)12-4-2-1-3-5-12/h1-5,16H,6-11H2. The molecule has 3 heteroatoms. The number of esters is 1. The Balaban J connectivity index is 1.43. The molecular formula is C15H18O3. The molecule has 0 aromatic heterocycles. The van der Waals surface area contributed by atoms with Crippen LogP contribution in [0.1, 0.15) is 36.0 Å². The maximum absolute atomic E-state index is 11.7. The molecule has 18 heavy (non-hydrogen) atoms. The first kappa shape index (κ1) is 11.7. The van der Waals surface area contributed by atoms with Gasteiger partial charge in [-0.2, -0.15) is 0 Å². The van der Waals surface area contributed by atoms with Gasteiger partial charge in [0.2, 0.25) is 0 Å². The molecule has 1 N–H and O–H groups in total. The molecule has 2 bridgehead atoms. The Morgan fingerprint density at radius 1 is 1.17 bits per heavy atom. The molecule has 0 heterocycles. The van der Waals surface area contributed by atoms with Gasteiger partial charge in [-0.15, -0.1) is 0 Å². The van der Waals surface area contributed by atoms with Crippen molar-refractivity contribution in [1.29, 1.82) is 0 Å². The van der Waals surface area contributed by atoms with Crippen molar-refractivity contribution in [2.75, 3.05) is 13.2 Å². The summed E-state index contributed by atoms with van der Waals surface area (Å²) in [5.41, 5.74) is 1.23. The minimum Gasteiger partial charge on any atom is -0.462 e. The molecule has 0 spiro atoms. The highest BCUT2D eigenvalue weighted by atomic mass is 16.5. The predicted octanol–water partition coefficient (Wildman–Crippen LogP) is 2.40. The molecule has 4 rings (SSSR count). The van der Waals surface area contributed by atoms with Gasteiger partial charge < -0.3 is 9.84 Å². The van der Waals surface area contributed by atoms with Gasteiger partial charge in [0.25, 0.3) is 0 Å². The van der Waals surface area contributed by atoms with Crippen LogP contribution in [0.5, 0.6) is 0 Å². The molecule has 96 valence electrons. The number of benzene rings is 1. The summed E-state index contributed by atoms with van der Waals surface area (Å²) in [6, 6.07) is 9.09. The van der Waals surface area contributed by atoms with E-state index in [1.165, 1.54) is 0 Å². The van der Waals surface area contributed by atoms with Crippen LogP contribution in [-0.4, -0.2) is 24.3 Å². The smallest absolute Gasteiger partial charge is 0.338 e. The van der Waals surface area contributed by atoms with Crippen LogP contribution in [0.4, 0.5) is 0 Å². The number of aliphatic hydroxyl groups is 1. The molecular weight excluding hydrogens is 228 g/mol. The molecule has 1 aromatic carbocycles. The van der Waals surface area contributed by atoms with Crippen LogP contribution >= 0.6 is 0 Å². The first-order valence-corrected chi connectivity index (χ1v) is 6.50. The highest BCUT2D eigenvalue weighted by molar-refractivity contribution is 5.89. The summed E-state index contributed by atoms with van der Waals surface area (Å²) < 4.78 is 5.29. The quantitative estimate of drug-likeness (QED) is 0.811. The lowest BCUT2D eigenvalue weighted by Gasteiger charge is -2.70. The molecule has 0 unspecified atom stereocenters. The van der Waals surface area contributed by atoms with Crippen molar-refractivity contribution < 1.29 is 14.6 Å². The Kier molecular flexibility index (Phi) is 2.67. The number of carbonyl (C=O) groups excluding carboxylic acids is 1. The van der Waals surface area contributed by atoms with Crippen molar-refractivity contribution in [2.24, 2.45) is 10.8 Å². The van der Waals surface area contributed by atoms with Crippen molar-refractivity contribution in [1.82, 2.24) is 0 Å². The Labute approximate surface area is 107 Å². The molecule has 3 nitrogen and oxygen atoms in total. The number of rotatable bonds is 5. The lowest BCUT2D eigenvalue weighted by molar-refractivity contribution is -0.229. The highest BCUT2D eigenvalue weighted by Crippen LogP contribution is 2.74. The van der Waals surface area contributed by atoms with Crippen LogP contribution < -0.4 is 0 Å². The van der Waals surface area contributed by atoms with Gasteiger partial charge in [-0.3, -0.25) is 0 Å². The average molecular weight is 246 g/mol. The largest absolute Gasteiger partial charge is 0.462 e. The van der Waals surface area contributed by atoms with E-state index in [9.17, 15) is 9.90 Å². The topological polar surface area (TPSA) is 46.5 Å². The van der Waals surface area contributed by atoms with Crippen LogP contribution in [-0.2, 0) is 4.74 Å². The van der Waals surface area contributed by atoms with Gasteiger partial charge >= 0.3 is 5.97 Å². The number of carbonyl (C=O) groups is 1. The third kappa shape index (κ3) is 1.83. The van der Waals surface area contributed by atoms with E-state index < -0.39 is 0 Å². The predicted molar refractivity (Wildman–Crippen MR) is 67.1 cm³/mol. The second kappa shape index (κ2) is 4.09. The van der Waals surface area contributed by atoms with Crippen molar-refractivity contribution in [3.8, 4) is 0 Å². The Bertz CT molecular complexity index is 432. The van der Waals surface area contributed by atoms with E-state index in [1.54, 1.807) is 12.1 Å². The summed E-state index contributed by atoms with van der Waals surface area (Å²) in [5.74, 6) is -0.237. The Morgan fingerprint density at radius 2 is 1.83 bits per heavy atom. The summed E-state index contributed by atoms with van der Waals surface area (Å²) in [7, 11) is 0.